The van der Waals surface area contributed by atoms with Gasteiger partial charge < -0.3 is 14.6 Å². The SMILES string of the molecule is O=C(O)C1CCC(OC2=C3N=c4ccccc4=C3C(Cc3cccc(F)c3)C=C2)O1. The molecule has 3 atom stereocenters. The Bertz CT molecular complexity index is 1200. The van der Waals surface area contributed by atoms with Crippen LogP contribution in [0.1, 0.15) is 18.4 Å². The van der Waals surface area contributed by atoms with Crippen molar-refractivity contribution in [3.8, 4) is 0 Å². The summed E-state index contributed by atoms with van der Waals surface area (Å²) in [6.45, 7) is 0. The molecule has 1 saturated heterocycles. The largest absolute Gasteiger partial charge is 0.479 e. The molecule has 152 valence electrons. The van der Waals surface area contributed by atoms with E-state index in [2.05, 4.69) is 0 Å². The van der Waals surface area contributed by atoms with Crippen LogP contribution in [0, 0.1) is 11.7 Å². The molecule has 6 heteroatoms. The van der Waals surface area contributed by atoms with Crippen LogP contribution in [0.15, 0.2) is 77.1 Å². The summed E-state index contributed by atoms with van der Waals surface area (Å²) in [4.78, 5) is 15.9. The lowest BCUT2D eigenvalue weighted by atomic mass is 9.85. The molecule has 0 aromatic heterocycles. The number of aliphatic carboxylic acids is 1. The Morgan fingerprint density at radius 2 is 2.07 bits per heavy atom. The highest BCUT2D eigenvalue weighted by Gasteiger charge is 2.34. The minimum Gasteiger partial charge on any atom is -0.479 e. The van der Waals surface area contributed by atoms with Gasteiger partial charge in [0.05, 0.1) is 5.36 Å². The Balaban J connectivity index is 1.49. The number of halogens is 1. The van der Waals surface area contributed by atoms with E-state index in [-0.39, 0.29) is 11.7 Å². The molecule has 1 fully saturated rings. The molecule has 5 rings (SSSR count). The maximum Gasteiger partial charge on any atom is 0.332 e. The summed E-state index contributed by atoms with van der Waals surface area (Å²) in [5.74, 6) is -0.621. The lowest BCUT2D eigenvalue weighted by Gasteiger charge is -2.24. The van der Waals surface area contributed by atoms with E-state index in [9.17, 15) is 9.18 Å². The number of hydrogen-bond donors (Lipinski definition) is 1. The molecule has 5 nitrogen and oxygen atoms in total. The van der Waals surface area contributed by atoms with Gasteiger partial charge in [-0.3, -0.25) is 0 Å². The van der Waals surface area contributed by atoms with Crippen molar-refractivity contribution in [1.29, 1.82) is 0 Å². The van der Waals surface area contributed by atoms with Gasteiger partial charge in [0.1, 0.15) is 17.3 Å². The van der Waals surface area contributed by atoms with E-state index in [4.69, 9.17) is 19.6 Å². The number of ether oxygens (including phenoxy) is 2. The number of carboxylic acids is 1. The second-order valence-corrected chi connectivity index (χ2v) is 7.64. The topological polar surface area (TPSA) is 68.1 Å². The van der Waals surface area contributed by atoms with Crippen LogP contribution in [0.25, 0.3) is 5.57 Å². The molecule has 2 aliphatic heterocycles. The molecule has 1 N–H and O–H groups in total. The van der Waals surface area contributed by atoms with Gasteiger partial charge in [0, 0.05) is 17.6 Å². The third-order valence-electron chi connectivity index (χ3n) is 5.62. The zero-order valence-corrected chi connectivity index (χ0v) is 16.1. The summed E-state index contributed by atoms with van der Waals surface area (Å²) < 4.78 is 25.2. The zero-order chi connectivity index (χ0) is 20.7. The first-order valence-corrected chi connectivity index (χ1v) is 9.98. The number of para-hydroxylation sites is 1. The van der Waals surface area contributed by atoms with Gasteiger partial charge in [0.2, 0.25) is 6.29 Å². The number of allylic oxidation sites excluding steroid dienone is 3. The van der Waals surface area contributed by atoms with Gasteiger partial charge >= 0.3 is 5.97 Å². The van der Waals surface area contributed by atoms with Gasteiger partial charge in [0.25, 0.3) is 0 Å². The third-order valence-corrected chi connectivity index (χ3v) is 5.62. The van der Waals surface area contributed by atoms with E-state index in [1.54, 1.807) is 12.1 Å². The molecule has 0 saturated carbocycles. The molecule has 1 aliphatic carbocycles. The Kier molecular flexibility index (Phi) is 4.71. The second kappa shape index (κ2) is 7.54. The van der Waals surface area contributed by atoms with Crippen LogP contribution in [0.3, 0.4) is 0 Å². The molecular weight excluding hydrogens is 385 g/mol. The number of fused-ring (bicyclic) bond motifs is 2. The Morgan fingerprint density at radius 3 is 2.87 bits per heavy atom. The predicted octanol–water partition coefficient (Wildman–Crippen LogP) is 2.86. The first-order valence-electron chi connectivity index (χ1n) is 9.98. The number of rotatable bonds is 5. The maximum atomic E-state index is 13.7. The second-order valence-electron chi connectivity index (χ2n) is 7.64. The standard InChI is InChI=1S/C24H20FNO4/c25-16-5-3-4-14(13-16)12-15-8-9-19(29-21-11-10-20(30-21)24(27)28)23-22(15)17-6-1-2-7-18(17)26-23/h1-9,13,15,20-21H,10-12H2,(H,27,28). The van der Waals surface area contributed by atoms with Crippen molar-refractivity contribution >= 4 is 11.5 Å². The van der Waals surface area contributed by atoms with Crippen LogP contribution in [-0.4, -0.2) is 23.5 Å². The zero-order valence-electron chi connectivity index (χ0n) is 16.1. The third kappa shape index (κ3) is 3.44. The fourth-order valence-electron chi connectivity index (χ4n) is 4.25. The van der Waals surface area contributed by atoms with Crippen molar-refractivity contribution < 1.29 is 23.8 Å². The van der Waals surface area contributed by atoms with Gasteiger partial charge in [0.15, 0.2) is 6.10 Å². The van der Waals surface area contributed by atoms with E-state index in [1.165, 1.54) is 6.07 Å². The van der Waals surface area contributed by atoms with E-state index in [0.717, 1.165) is 27.4 Å². The first-order chi connectivity index (χ1) is 14.6. The van der Waals surface area contributed by atoms with Crippen LogP contribution in [-0.2, 0) is 20.7 Å². The average molecular weight is 405 g/mol. The predicted molar refractivity (Wildman–Crippen MR) is 107 cm³/mol. The average Bonchev–Trinajstić information content (AvgIpc) is 3.35. The molecule has 3 unspecified atom stereocenters. The van der Waals surface area contributed by atoms with Crippen LogP contribution < -0.4 is 10.6 Å². The number of carbonyl (C=O) groups is 1. The molecule has 0 amide bonds. The van der Waals surface area contributed by atoms with Gasteiger partial charge in [-0.1, -0.05) is 36.4 Å². The fourth-order valence-corrected chi connectivity index (χ4v) is 4.25. The van der Waals surface area contributed by atoms with Gasteiger partial charge in [-0.05, 0) is 48.3 Å². The van der Waals surface area contributed by atoms with Crippen molar-refractivity contribution in [1.82, 2.24) is 0 Å². The summed E-state index contributed by atoms with van der Waals surface area (Å²) in [6, 6.07) is 14.5. The van der Waals surface area contributed by atoms with Gasteiger partial charge in [-0.2, -0.15) is 0 Å². The van der Waals surface area contributed by atoms with Crippen LogP contribution in [0.2, 0.25) is 0 Å². The van der Waals surface area contributed by atoms with Gasteiger partial charge in [-0.15, -0.1) is 0 Å². The summed E-state index contributed by atoms with van der Waals surface area (Å²) >= 11 is 0. The highest BCUT2D eigenvalue weighted by Crippen LogP contribution is 2.36. The minimum absolute atomic E-state index is 0.0258. The maximum absolute atomic E-state index is 13.7. The summed E-state index contributed by atoms with van der Waals surface area (Å²) in [6.07, 6.45) is 4.04. The lowest BCUT2D eigenvalue weighted by molar-refractivity contribution is -0.161. The van der Waals surface area contributed by atoms with Crippen LogP contribution >= 0.6 is 0 Å². The van der Waals surface area contributed by atoms with Crippen molar-refractivity contribution in [3.63, 3.8) is 0 Å². The van der Waals surface area contributed by atoms with Crippen molar-refractivity contribution in [2.24, 2.45) is 10.9 Å². The van der Waals surface area contributed by atoms with Crippen LogP contribution in [0.4, 0.5) is 4.39 Å². The molecule has 2 heterocycles. The molecule has 0 spiro atoms. The Labute approximate surface area is 172 Å². The van der Waals surface area contributed by atoms with E-state index < -0.39 is 18.4 Å². The van der Waals surface area contributed by atoms with Crippen molar-refractivity contribution in [3.05, 3.63) is 94.1 Å². The van der Waals surface area contributed by atoms with E-state index in [1.807, 2.05) is 42.5 Å². The molecule has 2 aromatic rings. The summed E-state index contributed by atoms with van der Waals surface area (Å²) in [5.41, 5.74) is 2.69. The monoisotopic (exact) mass is 405 g/mol. The van der Waals surface area contributed by atoms with Crippen molar-refractivity contribution in [2.45, 2.75) is 31.7 Å². The summed E-state index contributed by atoms with van der Waals surface area (Å²) in [7, 11) is 0. The Hall–Kier alpha value is -3.25. The first kappa shape index (κ1) is 18.8. The van der Waals surface area contributed by atoms with Crippen molar-refractivity contribution in [2.75, 3.05) is 0 Å². The normalized spacial score (nSPS) is 24.4. The van der Waals surface area contributed by atoms with Gasteiger partial charge in [-0.25, -0.2) is 14.2 Å². The lowest BCUT2D eigenvalue weighted by Crippen LogP contribution is -2.25. The number of nitrogens with zero attached hydrogens (tertiary/aromatic N) is 1. The number of hydrogen-bond acceptors (Lipinski definition) is 4. The van der Waals surface area contributed by atoms with E-state index >= 15 is 0 Å². The quantitative estimate of drug-likeness (QED) is 0.831. The highest BCUT2D eigenvalue weighted by molar-refractivity contribution is 5.73. The number of benzene rings is 2. The molecule has 3 aliphatic rings. The Morgan fingerprint density at radius 1 is 1.20 bits per heavy atom. The molecule has 0 radical (unpaired) electrons. The molecule has 0 bridgehead atoms. The molecular formula is C24H20FNO4. The fraction of sp³-hybridized carbons (Fsp3) is 0.250. The summed E-state index contributed by atoms with van der Waals surface area (Å²) in [5, 5.41) is 11.0. The smallest absolute Gasteiger partial charge is 0.332 e. The number of carboxylic acid groups (broad SMARTS) is 1. The van der Waals surface area contributed by atoms with E-state index in [0.29, 0.717) is 25.0 Å². The van der Waals surface area contributed by atoms with Crippen LogP contribution in [0.5, 0.6) is 0 Å². The minimum atomic E-state index is -0.974. The molecule has 30 heavy (non-hydrogen) atoms. The highest BCUT2D eigenvalue weighted by atomic mass is 19.1. The molecule has 2 aromatic carbocycles.